The van der Waals surface area contributed by atoms with Crippen LogP contribution in [0.25, 0.3) is 54.7 Å². The van der Waals surface area contributed by atoms with Crippen molar-refractivity contribution < 1.29 is 0 Å². The number of hydrogen-bond donors (Lipinski definition) is 0. The Kier molecular flexibility index (Phi) is 3.05. The second-order valence-electron chi connectivity index (χ2n) is 7.56. The first-order valence-corrected chi connectivity index (χ1v) is 9.68. The van der Waals surface area contributed by atoms with Gasteiger partial charge in [-0.2, -0.15) is 0 Å². The van der Waals surface area contributed by atoms with Crippen molar-refractivity contribution in [2.45, 2.75) is 0 Å². The number of benzene rings is 4. The van der Waals surface area contributed by atoms with Crippen LogP contribution < -0.4 is 0 Å². The summed E-state index contributed by atoms with van der Waals surface area (Å²) < 4.78 is 4.69. The van der Waals surface area contributed by atoms with Gasteiger partial charge in [0.1, 0.15) is 0 Å². The molecule has 28 heavy (non-hydrogen) atoms. The Balaban J connectivity index is 1.98. The van der Waals surface area contributed by atoms with E-state index in [1.54, 1.807) is 0 Å². The molecule has 2 heterocycles. The fourth-order valence-corrected chi connectivity index (χ4v) is 4.84. The van der Waals surface area contributed by atoms with Crippen LogP contribution in [-0.2, 0) is 14.1 Å². The monoisotopic (exact) mass is 360 g/mol. The van der Waals surface area contributed by atoms with Gasteiger partial charge in [-0.1, -0.05) is 66.7 Å². The maximum atomic E-state index is 2.37. The highest BCUT2D eigenvalue weighted by molar-refractivity contribution is 6.28. The van der Waals surface area contributed by atoms with E-state index in [9.17, 15) is 0 Å². The molecule has 0 bridgehead atoms. The summed E-state index contributed by atoms with van der Waals surface area (Å²) in [6.45, 7) is 0. The molecule has 0 saturated heterocycles. The molecule has 0 aliphatic rings. The fraction of sp³-hybridized carbons (Fsp3) is 0.0769. The summed E-state index contributed by atoms with van der Waals surface area (Å²) in [5, 5.41) is 5.31. The van der Waals surface area contributed by atoms with Gasteiger partial charge in [0.05, 0.1) is 11.0 Å². The van der Waals surface area contributed by atoms with Crippen molar-refractivity contribution >= 4 is 43.6 Å². The van der Waals surface area contributed by atoms with E-state index in [0.717, 1.165) is 0 Å². The van der Waals surface area contributed by atoms with Crippen LogP contribution in [0.5, 0.6) is 0 Å². The van der Waals surface area contributed by atoms with E-state index in [4.69, 9.17) is 0 Å². The summed E-state index contributed by atoms with van der Waals surface area (Å²) in [5.41, 5.74) is 7.69. The number of rotatable bonds is 1. The zero-order chi connectivity index (χ0) is 18.8. The SMILES string of the molecule is Cn1c2ccccc2c2c1cc(-c1ccccc1)c1c3ccccc3n(C)c12. The van der Waals surface area contributed by atoms with Crippen molar-refractivity contribution in [3.63, 3.8) is 0 Å². The second kappa shape index (κ2) is 5.49. The van der Waals surface area contributed by atoms with Gasteiger partial charge in [-0.25, -0.2) is 0 Å². The first-order chi connectivity index (χ1) is 13.8. The minimum absolute atomic E-state index is 1.26. The molecular formula is C26H20N2. The van der Waals surface area contributed by atoms with Crippen molar-refractivity contribution in [1.29, 1.82) is 0 Å². The maximum Gasteiger partial charge on any atom is 0.0596 e. The van der Waals surface area contributed by atoms with Gasteiger partial charge in [-0.05, 0) is 29.3 Å². The zero-order valence-electron chi connectivity index (χ0n) is 16.0. The van der Waals surface area contributed by atoms with Gasteiger partial charge < -0.3 is 9.13 Å². The zero-order valence-corrected chi connectivity index (χ0v) is 16.0. The minimum atomic E-state index is 1.26. The van der Waals surface area contributed by atoms with Crippen molar-refractivity contribution in [3.05, 3.63) is 84.9 Å². The standard InChI is InChI=1S/C26H20N2/c1-27-21-14-8-7-13-19(21)25-23(27)16-20(17-10-4-3-5-11-17)24-18-12-6-9-15-22(18)28(2)26(24)25/h3-16H,1-2H3. The summed E-state index contributed by atoms with van der Waals surface area (Å²) in [4.78, 5) is 0. The predicted molar refractivity (Wildman–Crippen MR) is 120 cm³/mol. The number of aromatic nitrogens is 2. The van der Waals surface area contributed by atoms with Gasteiger partial charge in [-0.15, -0.1) is 0 Å². The van der Waals surface area contributed by atoms with Crippen LogP contribution in [0.1, 0.15) is 0 Å². The van der Waals surface area contributed by atoms with E-state index in [1.807, 2.05) is 0 Å². The number of fused-ring (bicyclic) bond motifs is 7. The number of para-hydroxylation sites is 2. The molecule has 0 spiro atoms. The van der Waals surface area contributed by atoms with E-state index in [0.29, 0.717) is 0 Å². The molecular weight excluding hydrogens is 340 g/mol. The summed E-state index contributed by atoms with van der Waals surface area (Å²) in [6.07, 6.45) is 0. The third-order valence-corrected chi connectivity index (χ3v) is 6.13. The average Bonchev–Trinajstić information content (AvgIpc) is 3.21. The average molecular weight is 360 g/mol. The Hall–Kier alpha value is -3.52. The Morgan fingerprint density at radius 3 is 1.82 bits per heavy atom. The normalized spacial score (nSPS) is 11.9. The summed E-state index contributed by atoms with van der Waals surface area (Å²) in [6, 6.07) is 30.6. The number of aryl methyl sites for hydroxylation is 2. The Morgan fingerprint density at radius 2 is 1.11 bits per heavy atom. The fourth-order valence-electron chi connectivity index (χ4n) is 4.84. The van der Waals surface area contributed by atoms with E-state index in [-0.39, 0.29) is 0 Å². The molecule has 2 aromatic heterocycles. The molecule has 2 nitrogen and oxygen atoms in total. The lowest BCUT2D eigenvalue weighted by molar-refractivity contribution is 1.01. The summed E-state index contributed by atoms with van der Waals surface area (Å²) in [7, 11) is 4.37. The highest BCUT2D eigenvalue weighted by Gasteiger charge is 2.20. The van der Waals surface area contributed by atoms with Crippen LogP contribution in [-0.4, -0.2) is 9.13 Å². The molecule has 0 saturated carbocycles. The molecule has 0 aliphatic carbocycles. The molecule has 0 atom stereocenters. The Morgan fingerprint density at radius 1 is 0.536 bits per heavy atom. The second-order valence-corrected chi connectivity index (χ2v) is 7.56. The molecule has 0 N–H and O–H groups in total. The van der Waals surface area contributed by atoms with E-state index >= 15 is 0 Å². The molecule has 0 unspecified atom stereocenters. The summed E-state index contributed by atoms with van der Waals surface area (Å²) >= 11 is 0. The molecule has 6 aromatic rings. The molecule has 0 radical (unpaired) electrons. The van der Waals surface area contributed by atoms with Crippen molar-refractivity contribution in [2.75, 3.05) is 0 Å². The lowest BCUT2D eigenvalue weighted by atomic mass is 9.97. The van der Waals surface area contributed by atoms with E-state index in [2.05, 4.69) is 108 Å². The lowest BCUT2D eigenvalue weighted by Crippen LogP contribution is -1.91. The van der Waals surface area contributed by atoms with E-state index < -0.39 is 0 Å². The van der Waals surface area contributed by atoms with E-state index in [1.165, 1.54) is 54.7 Å². The predicted octanol–water partition coefficient (Wildman–Crippen LogP) is 6.64. The first kappa shape index (κ1) is 15.5. The quantitative estimate of drug-likeness (QED) is 0.311. The van der Waals surface area contributed by atoms with Crippen LogP contribution in [0.4, 0.5) is 0 Å². The topological polar surface area (TPSA) is 9.86 Å². The van der Waals surface area contributed by atoms with Gasteiger partial charge >= 0.3 is 0 Å². The van der Waals surface area contributed by atoms with Gasteiger partial charge in [-0.3, -0.25) is 0 Å². The van der Waals surface area contributed by atoms with Crippen LogP contribution in [0.2, 0.25) is 0 Å². The summed E-state index contributed by atoms with van der Waals surface area (Å²) in [5.74, 6) is 0. The van der Waals surface area contributed by atoms with Crippen molar-refractivity contribution in [1.82, 2.24) is 9.13 Å². The van der Waals surface area contributed by atoms with Gasteiger partial charge in [0.2, 0.25) is 0 Å². The Bertz CT molecular complexity index is 1510. The first-order valence-electron chi connectivity index (χ1n) is 9.68. The van der Waals surface area contributed by atoms with Crippen molar-refractivity contribution in [3.8, 4) is 11.1 Å². The largest absolute Gasteiger partial charge is 0.344 e. The smallest absolute Gasteiger partial charge is 0.0596 e. The third kappa shape index (κ3) is 1.87. The van der Waals surface area contributed by atoms with Gasteiger partial charge in [0, 0.05) is 46.7 Å². The highest BCUT2D eigenvalue weighted by atomic mass is 15.0. The van der Waals surface area contributed by atoms with Crippen LogP contribution >= 0.6 is 0 Å². The van der Waals surface area contributed by atoms with Crippen LogP contribution in [0.15, 0.2) is 84.9 Å². The number of nitrogens with zero attached hydrogens (tertiary/aromatic N) is 2. The number of hydrogen-bond acceptors (Lipinski definition) is 0. The molecule has 0 aliphatic heterocycles. The third-order valence-electron chi connectivity index (χ3n) is 6.13. The van der Waals surface area contributed by atoms with Gasteiger partial charge in [0.25, 0.3) is 0 Å². The maximum absolute atomic E-state index is 2.37. The lowest BCUT2D eigenvalue weighted by Gasteiger charge is -2.09. The molecule has 2 heteroatoms. The molecule has 0 fully saturated rings. The van der Waals surface area contributed by atoms with Crippen LogP contribution in [0.3, 0.4) is 0 Å². The Labute approximate surface area is 163 Å². The van der Waals surface area contributed by atoms with Crippen molar-refractivity contribution in [2.24, 2.45) is 14.1 Å². The highest BCUT2D eigenvalue weighted by Crippen LogP contribution is 2.43. The molecule has 0 amide bonds. The van der Waals surface area contributed by atoms with Crippen LogP contribution in [0, 0.1) is 0 Å². The molecule has 134 valence electrons. The molecule has 6 rings (SSSR count). The minimum Gasteiger partial charge on any atom is -0.344 e. The molecule has 4 aromatic carbocycles. The van der Waals surface area contributed by atoms with Gasteiger partial charge in [0.15, 0.2) is 0 Å².